The van der Waals surface area contributed by atoms with E-state index >= 15 is 0 Å². The monoisotopic (exact) mass is 170 g/mol. The molecular weight excluding hydrogens is 148 g/mol. The van der Waals surface area contributed by atoms with Gasteiger partial charge >= 0.3 is 0 Å². The molecule has 0 aliphatic heterocycles. The minimum Gasteiger partial charge on any atom is -0.393 e. The fraction of sp³-hybridized carbons (Fsp3) is 1.00. The van der Waals surface area contributed by atoms with Crippen LogP contribution in [-0.4, -0.2) is 11.2 Å². The standard InChI is InChI=1S/C11H22O/c1-8(2)4-7-11(12)9(3)10-5-6-10/h8-12H,4-7H2,1-3H3. The molecule has 0 amide bonds. The zero-order chi connectivity index (χ0) is 9.14. The second-order valence-corrected chi connectivity index (χ2v) is 4.74. The zero-order valence-electron chi connectivity index (χ0n) is 8.59. The lowest BCUT2D eigenvalue weighted by molar-refractivity contribution is 0.0909. The molecule has 0 radical (unpaired) electrons. The van der Waals surface area contributed by atoms with Crippen molar-refractivity contribution in [1.82, 2.24) is 0 Å². The molecule has 0 spiro atoms. The zero-order valence-corrected chi connectivity index (χ0v) is 8.59. The van der Waals surface area contributed by atoms with E-state index in [0.717, 1.165) is 24.7 Å². The summed E-state index contributed by atoms with van der Waals surface area (Å²) >= 11 is 0. The largest absolute Gasteiger partial charge is 0.393 e. The minimum atomic E-state index is -0.0418. The van der Waals surface area contributed by atoms with Crippen LogP contribution in [0.2, 0.25) is 0 Å². The van der Waals surface area contributed by atoms with Gasteiger partial charge in [0.15, 0.2) is 0 Å². The van der Waals surface area contributed by atoms with Crippen LogP contribution in [0, 0.1) is 17.8 Å². The Morgan fingerprint density at radius 2 is 1.75 bits per heavy atom. The molecule has 1 N–H and O–H groups in total. The average Bonchev–Trinajstić information content (AvgIpc) is 2.80. The van der Waals surface area contributed by atoms with Crippen LogP contribution in [0.3, 0.4) is 0 Å². The highest BCUT2D eigenvalue weighted by Crippen LogP contribution is 2.39. The SMILES string of the molecule is CC(C)CCC(O)C(C)C1CC1. The van der Waals surface area contributed by atoms with Crippen LogP contribution in [-0.2, 0) is 0 Å². The van der Waals surface area contributed by atoms with Crippen LogP contribution in [0.4, 0.5) is 0 Å². The molecule has 1 heteroatoms. The summed E-state index contributed by atoms with van der Waals surface area (Å²) in [6.45, 7) is 6.63. The Bertz CT molecular complexity index is 127. The Morgan fingerprint density at radius 1 is 1.17 bits per heavy atom. The van der Waals surface area contributed by atoms with Crippen LogP contribution in [0.1, 0.15) is 46.5 Å². The van der Waals surface area contributed by atoms with Crippen molar-refractivity contribution in [2.24, 2.45) is 17.8 Å². The van der Waals surface area contributed by atoms with E-state index in [4.69, 9.17) is 0 Å². The molecule has 0 aromatic heterocycles. The van der Waals surface area contributed by atoms with E-state index in [1.807, 2.05) is 0 Å². The van der Waals surface area contributed by atoms with Gasteiger partial charge < -0.3 is 5.11 Å². The molecule has 0 aromatic rings. The molecule has 2 unspecified atom stereocenters. The molecule has 1 fully saturated rings. The first-order valence-electron chi connectivity index (χ1n) is 5.29. The average molecular weight is 170 g/mol. The van der Waals surface area contributed by atoms with E-state index in [2.05, 4.69) is 20.8 Å². The molecule has 72 valence electrons. The molecule has 1 nitrogen and oxygen atoms in total. The second-order valence-electron chi connectivity index (χ2n) is 4.74. The van der Waals surface area contributed by atoms with Gasteiger partial charge in [0.05, 0.1) is 6.10 Å². The Balaban J connectivity index is 2.13. The predicted molar refractivity (Wildman–Crippen MR) is 52.0 cm³/mol. The maximum Gasteiger partial charge on any atom is 0.0568 e. The summed E-state index contributed by atoms with van der Waals surface area (Å²) in [5, 5.41) is 9.78. The van der Waals surface area contributed by atoms with E-state index < -0.39 is 0 Å². The van der Waals surface area contributed by atoms with Gasteiger partial charge in [-0.2, -0.15) is 0 Å². The van der Waals surface area contributed by atoms with Crippen LogP contribution >= 0.6 is 0 Å². The molecular formula is C11H22O. The lowest BCUT2D eigenvalue weighted by Crippen LogP contribution is -2.19. The maximum atomic E-state index is 9.78. The van der Waals surface area contributed by atoms with Gasteiger partial charge in [-0.3, -0.25) is 0 Å². The molecule has 1 rings (SSSR count). The Morgan fingerprint density at radius 3 is 2.17 bits per heavy atom. The third-order valence-electron chi connectivity index (χ3n) is 3.01. The number of aliphatic hydroxyl groups is 1. The van der Waals surface area contributed by atoms with Crippen molar-refractivity contribution in [2.45, 2.75) is 52.6 Å². The molecule has 0 heterocycles. The van der Waals surface area contributed by atoms with Gasteiger partial charge in [0.25, 0.3) is 0 Å². The van der Waals surface area contributed by atoms with Crippen molar-refractivity contribution in [3.8, 4) is 0 Å². The summed E-state index contributed by atoms with van der Waals surface area (Å²) in [7, 11) is 0. The predicted octanol–water partition coefficient (Wildman–Crippen LogP) is 2.83. The van der Waals surface area contributed by atoms with Crippen molar-refractivity contribution in [2.75, 3.05) is 0 Å². The number of hydrogen-bond acceptors (Lipinski definition) is 1. The molecule has 1 aliphatic carbocycles. The van der Waals surface area contributed by atoms with Gasteiger partial charge in [0.1, 0.15) is 0 Å². The van der Waals surface area contributed by atoms with E-state index in [1.165, 1.54) is 12.8 Å². The first kappa shape index (κ1) is 10.0. The van der Waals surface area contributed by atoms with Gasteiger partial charge in [-0.15, -0.1) is 0 Å². The number of rotatable bonds is 5. The first-order chi connectivity index (χ1) is 5.61. The van der Waals surface area contributed by atoms with Crippen molar-refractivity contribution in [3.05, 3.63) is 0 Å². The van der Waals surface area contributed by atoms with Crippen LogP contribution in [0.25, 0.3) is 0 Å². The topological polar surface area (TPSA) is 20.2 Å². The minimum absolute atomic E-state index is 0.0418. The molecule has 2 atom stereocenters. The van der Waals surface area contributed by atoms with Gasteiger partial charge in [0.2, 0.25) is 0 Å². The first-order valence-corrected chi connectivity index (χ1v) is 5.29. The number of hydrogen-bond donors (Lipinski definition) is 1. The van der Waals surface area contributed by atoms with Gasteiger partial charge in [-0.25, -0.2) is 0 Å². The van der Waals surface area contributed by atoms with Crippen molar-refractivity contribution < 1.29 is 5.11 Å². The van der Waals surface area contributed by atoms with E-state index in [1.54, 1.807) is 0 Å². The van der Waals surface area contributed by atoms with E-state index in [9.17, 15) is 5.11 Å². The molecule has 1 saturated carbocycles. The fourth-order valence-corrected chi connectivity index (χ4v) is 1.70. The van der Waals surface area contributed by atoms with Crippen LogP contribution in [0.5, 0.6) is 0 Å². The van der Waals surface area contributed by atoms with E-state index in [-0.39, 0.29) is 6.10 Å². The third-order valence-corrected chi connectivity index (χ3v) is 3.01. The summed E-state index contributed by atoms with van der Waals surface area (Å²) in [6, 6.07) is 0. The summed E-state index contributed by atoms with van der Waals surface area (Å²) in [4.78, 5) is 0. The van der Waals surface area contributed by atoms with Crippen molar-refractivity contribution >= 4 is 0 Å². The second kappa shape index (κ2) is 4.27. The fourth-order valence-electron chi connectivity index (χ4n) is 1.70. The molecule has 1 aliphatic rings. The highest BCUT2D eigenvalue weighted by Gasteiger charge is 2.32. The highest BCUT2D eigenvalue weighted by molar-refractivity contribution is 4.82. The Hall–Kier alpha value is -0.0400. The van der Waals surface area contributed by atoms with E-state index in [0.29, 0.717) is 5.92 Å². The summed E-state index contributed by atoms with van der Waals surface area (Å²) in [5.74, 6) is 2.11. The molecule has 0 aromatic carbocycles. The maximum absolute atomic E-state index is 9.78. The summed E-state index contributed by atoms with van der Waals surface area (Å²) in [6.07, 6.45) is 4.81. The smallest absolute Gasteiger partial charge is 0.0568 e. The Kier molecular flexibility index (Phi) is 3.57. The quantitative estimate of drug-likeness (QED) is 0.672. The van der Waals surface area contributed by atoms with Crippen molar-refractivity contribution in [3.63, 3.8) is 0 Å². The van der Waals surface area contributed by atoms with Gasteiger partial charge in [-0.1, -0.05) is 20.8 Å². The lowest BCUT2D eigenvalue weighted by Gasteiger charge is -2.18. The summed E-state index contributed by atoms with van der Waals surface area (Å²) in [5.41, 5.74) is 0. The van der Waals surface area contributed by atoms with Crippen molar-refractivity contribution in [1.29, 1.82) is 0 Å². The van der Waals surface area contributed by atoms with Crippen LogP contribution in [0.15, 0.2) is 0 Å². The molecule has 12 heavy (non-hydrogen) atoms. The molecule has 0 saturated heterocycles. The highest BCUT2D eigenvalue weighted by atomic mass is 16.3. The van der Waals surface area contributed by atoms with Gasteiger partial charge in [0, 0.05) is 0 Å². The third kappa shape index (κ3) is 3.14. The normalized spacial score (nSPS) is 22.8. The Labute approximate surface area is 76.2 Å². The van der Waals surface area contributed by atoms with Gasteiger partial charge in [-0.05, 0) is 43.4 Å². The molecule has 0 bridgehead atoms. The lowest BCUT2D eigenvalue weighted by atomic mass is 9.93. The number of aliphatic hydroxyl groups excluding tert-OH is 1. The summed E-state index contributed by atoms with van der Waals surface area (Å²) < 4.78 is 0. The van der Waals surface area contributed by atoms with Crippen LogP contribution < -0.4 is 0 Å².